The summed E-state index contributed by atoms with van der Waals surface area (Å²) in [6.07, 6.45) is -2.55. The molecule has 0 atom stereocenters. The number of halogens is 4. The molecule has 0 heterocycles. The number of hydrogen-bond donors (Lipinski definition) is 1. The minimum atomic E-state index is -4.63. The Morgan fingerprint density at radius 2 is 1.59 bits per heavy atom. The first-order valence-corrected chi connectivity index (χ1v) is 9.96. The van der Waals surface area contributed by atoms with Crippen molar-refractivity contribution in [2.75, 3.05) is 13.2 Å². The summed E-state index contributed by atoms with van der Waals surface area (Å²) in [5.74, 6) is -1.05. The zero-order valence-corrected chi connectivity index (χ0v) is 16.8. The normalized spacial score (nSPS) is 13.1. The van der Waals surface area contributed by atoms with E-state index in [0.717, 1.165) is 34.4 Å². The van der Waals surface area contributed by atoms with E-state index in [1.165, 1.54) is 12.2 Å². The number of amides is 1. The van der Waals surface area contributed by atoms with Crippen molar-refractivity contribution in [3.8, 4) is 11.1 Å². The minimum absolute atomic E-state index is 0.0224. The number of alkyl carbamates (subject to hydrolysis) is 1. The average molecular weight is 441 g/mol. The molecule has 3 aromatic rings. The Hall–Kier alpha value is -3.61. The summed E-state index contributed by atoms with van der Waals surface area (Å²) >= 11 is 0. The summed E-state index contributed by atoms with van der Waals surface area (Å²) in [4.78, 5) is 12.1. The first kappa shape index (κ1) is 21.6. The van der Waals surface area contributed by atoms with E-state index < -0.39 is 23.7 Å². The van der Waals surface area contributed by atoms with Crippen LogP contribution in [-0.2, 0) is 10.9 Å². The lowest BCUT2D eigenvalue weighted by Gasteiger charge is -2.14. The number of ether oxygens (including phenoxy) is 1. The molecule has 0 radical (unpaired) electrons. The van der Waals surface area contributed by atoms with Crippen molar-refractivity contribution in [3.63, 3.8) is 0 Å². The van der Waals surface area contributed by atoms with Crippen molar-refractivity contribution in [2.45, 2.75) is 12.1 Å². The van der Waals surface area contributed by atoms with Gasteiger partial charge < -0.3 is 10.1 Å². The molecule has 3 nitrogen and oxygen atoms in total. The van der Waals surface area contributed by atoms with Crippen molar-refractivity contribution in [1.29, 1.82) is 0 Å². The molecule has 1 aliphatic carbocycles. The quantitative estimate of drug-likeness (QED) is 0.466. The van der Waals surface area contributed by atoms with Crippen LogP contribution in [0, 0.1) is 5.82 Å². The topological polar surface area (TPSA) is 38.3 Å². The number of nitrogens with one attached hydrogen (secondary N) is 1. The molecule has 3 aromatic carbocycles. The molecule has 1 aliphatic rings. The van der Waals surface area contributed by atoms with E-state index in [1.807, 2.05) is 48.5 Å². The number of hydrogen-bond acceptors (Lipinski definition) is 2. The van der Waals surface area contributed by atoms with Crippen LogP contribution >= 0.6 is 0 Å². The number of benzene rings is 3. The highest BCUT2D eigenvalue weighted by molar-refractivity contribution is 5.79. The van der Waals surface area contributed by atoms with Gasteiger partial charge >= 0.3 is 12.3 Å². The highest BCUT2D eigenvalue weighted by atomic mass is 19.4. The maximum Gasteiger partial charge on any atom is 0.416 e. The van der Waals surface area contributed by atoms with Crippen LogP contribution < -0.4 is 5.32 Å². The number of carbonyl (C=O) groups is 1. The molecule has 4 rings (SSSR count). The second kappa shape index (κ2) is 8.86. The lowest BCUT2D eigenvalue weighted by Crippen LogP contribution is -2.26. The van der Waals surface area contributed by atoms with Gasteiger partial charge in [-0.2, -0.15) is 13.2 Å². The molecule has 0 saturated carbocycles. The maximum absolute atomic E-state index is 13.4. The number of alkyl halides is 3. The summed E-state index contributed by atoms with van der Waals surface area (Å²) in [5.41, 5.74) is 3.40. The fourth-order valence-electron chi connectivity index (χ4n) is 3.86. The Labute approximate surface area is 182 Å². The van der Waals surface area contributed by atoms with E-state index in [2.05, 4.69) is 5.32 Å². The third-order valence-electron chi connectivity index (χ3n) is 5.27. The van der Waals surface area contributed by atoms with Crippen molar-refractivity contribution < 1.29 is 27.1 Å². The predicted octanol–water partition coefficient (Wildman–Crippen LogP) is 6.40. The SMILES string of the molecule is O=C(NCC=Cc1cc(F)cc(C(F)(F)F)c1)OCC1c2ccccc2-c2ccccc21. The monoisotopic (exact) mass is 441 g/mol. The van der Waals surface area contributed by atoms with Gasteiger partial charge in [-0.3, -0.25) is 0 Å². The Morgan fingerprint density at radius 3 is 2.22 bits per heavy atom. The zero-order chi connectivity index (χ0) is 22.7. The Morgan fingerprint density at radius 1 is 0.969 bits per heavy atom. The Kier molecular flexibility index (Phi) is 5.99. The predicted molar refractivity (Wildman–Crippen MR) is 114 cm³/mol. The first-order valence-electron chi connectivity index (χ1n) is 9.96. The molecule has 164 valence electrons. The Balaban J connectivity index is 1.34. The molecular formula is C25H19F4NO2. The summed E-state index contributed by atoms with van der Waals surface area (Å²) in [5, 5.41) is 2.52. The molecule has 7 heteroatoms. The second-order valence-electron chi connectivity index (χ2n) is 7.38. The van der Waals surface area contributed by atoms with Crippen LogP contribution in [0.1, 0.15) is 28.2 Å². The fourth-order valence-corrected chi connectivity index (χ4v) is 3.86. The fraction of sp³-hybridized carbons (Fsp3) is 0.160. The van der Waals surface area contributed by atoms with Crippen LogP contribution in [0.4, 0.5) is 22.4 Å². The van der Waals surface area contributed by atoms with E-state index >= 15 is 0 Å². The zero-order valence-electron chi connectivity index (χ0n) is 16.8. The molecule has 32 heavy (non-hydrogen) atoms. The average Bonchev–Trinajstić information content (AvgIpc) is 3.08. The van der Waals surface area contributed by atoms with Crippen LogP contribution in [0.25, 0.3) is 17.2 Å². The molecule has 0 aliphatic heterocycles. The number of carbonyl (C=O) groups excluding carboxylic acids is 1. The van der Waals surface area contributed by atoms with Gasteiger partial charge in [0.1, 0.15) is 12.4 Å². The van der Waals surface area contributed by atoms with E-state index in [9.17, 15) is 22.4 Å². The summed E-state index contributed by atoms with van der Waals surface area (Å²) in [7, 11) is 0. The summed E-state index contributed by atoms with van der Waals surface area (Å²) < 4.78 is 57.1. The van der Waals surface area contributed by atoms with E-state index in [-0.39, 0.29) is 24.6 Å². The molecule has 0 unspecified atom stereocenters. The van der Waals surface area contributed by atoms with Crippen molar-refractivity contribution in [1.82, 2.24) is 5.32 Å². The first-order chi connectivity index (χ1) is 15.3. The molecule has 0 bridgehead atoms. The van der Waals surface area contributed by atoms with Gasteiger partial charge in [0.25, 0.3) is 0 Å². The summed E-state index contributed by atoms with van der Waals surface area (Å²) in [6, 6.07) is 18.2. The van der Waals surface area contributed by atoms with Gasteiger partial charge in [-0.25, -0.2) is 9.18 Å². The van der Waals surface area contributed by atoms with Gasteiger partial charge in [0, 0.05) is 12.5 Å². The van der Waals surface area contributed by atoms with Gasteiger partial charge in [-0.05, 0) is 46.0 Å². The number of fused-ring (bicyclic) bond motifs is 3. The maximum atomic E-state index is 13.4. The van der Waals surface area contributed by atoms with Crippen LogP contribution in [0.5, 0.6) is 0 Å². The van der Waals surface area contributed by atoms with Gasteiger partial charge in [-0.15, -0.1) is 0 Å². The van der Waals surface area contributed by atoms with Crippen LogP contribution in [0.15, 0.2) is 72.8 Å². The third-order valence-corrected chi connectivity index (χ3v) is 5.27. The molecule has 0 spiro atoms. The molecular weight excluding hydrogens is 422 g/mol. The van der Waals surface area contributed by atoms with Crippen LogP contribution in [0.2, 0.25) is 0 Å². The van der Waals surface area contributed by atoms with Crippen LogP contribution in [0.3, 0.4) is 0 Å². The number of rotatable bonds is 5. The van der Waals surface area contributed by atoms with E-state index in [0.29, 0.717) is 6.07 Å². The smallest absolute Gasteiger partial charge is 0.416 e. The second-order valence-corrected chi connectivity index (χ2v) is 7.38. The minimum Gasteiger partial charge on any atom is -0.449 e. The van der Waals surface area contributed by atoms with Crippen molar-refractivity contribution in [2.24, 2.45) is 0 Å². The molecule has 0 fully saturated rings. The van der Waals surface area contributed by atoms with Gasteiger partial charge in [0.15, 0.2) is 0 Å². The molecule has 1 amide bonds. The summed E-state index contributed by atoms with van der Waals surface area (Å²) in [6.45, 7) is 0.178. The Bertz CT molecular complexity index is 1130. The van der Waals surface area contributed by atoms with Gasteiger partial charge in [0.05, 0.1) is 5.56 Å². The molecule has 0 aromatic heterocycles. The van der Waals surface area contributed by atoms with Crippen LogP contribution in [-0.4, -0.2) is 19.2 Å². The highest BCUT2D eigenvalue weighted by Gasteiger charge is 2.31. The third kappa shape index (κ3) is 4.66. The van der Waals surface area contributed by atoms with Crippen molar-refractivity contribution in [3.05, 3.63) is 101 Å². The highest BCUT2D eigenvalue weighted by Crippen LogP contribution is 2.44. The van der Waals surface area contributed by atoms with E-state index in [1.54, 1.807) is 0 Å². The lowest BCUT2D eigenvalue weighted by atomic mass is 9.98. The molecule has 0 saturated heterocycles. The van der Waals surface area contributed by atoms with Gasteiger partial charge in [0.2, 0.25) is 0 Å². The standard InChI is InChI=1S/C25H19F4NO2/c26-18-13-16(12-17(14-18)25(27,28)29)6-5-11-30-24(31)32-15-23-21-9-3-1-7-19(21)20-8-2-4-10-22(20)23/h1-10,12-14,23H,11,15H2,(H,30,31). The lowest BCUT2D eigenvalue weighted by molar-refractivity contribution is -0.137. The van der Waals surface area contributed by atoms with Crippen molar-refractivity contribution >= 4 is 12.2 Å². The van der Waals surface area contributed by atoms with E-state index in [4.69, 9.17) is 4.74 Å². The molecule has 1 N–H and O–H groups in total. The largest absolute Gasteiger partial charge is 0.449 e. The van der Waals surface area contributed by atoms with Gasteiger partial charge in [-0.1, -0.05) is 60.7 Å².